The Balaban J connectivity index is 1.82. The molecule has 6 heteroatoms. The van der Waals surface area contributed by atoms with E-state index in [2.05, 4.69) is 10.3 Å². The molecule has 0 bridgehead atoms. The first-order valence-corrected chi connectivity index (χ1v) is 7.10. The summed E-state index contributed by atoms with van der Waals surface area (Å²) in [4.78, 5) is 11.3. The second-order valence-electron chi connectivity index (χ2n) is 4.92. The molecular weight excluding hydrogens is 294 g/mol. The van der Waals surface area contributed by atoms with Gasteiger partial charge in [0.05, 0.1) is 18.9 Å². The molecule has 0 saturated heterocycles. The number of benzene rings is 2. The zero-order valence-electron chi connectivity index (χ0n) is 12.3. The lowest BCUT2D eigenvalue weighted by Crippen LogP contribution is -2.08. The number of para-hydroxylation sites is 1. The standard InChI is InChI=1S/C17H15N3O3/c21-17(22)16-15(12-23-11-13-7-3-1-4-8-13)20(19-18-16)14-9-5-2-6-10-14/h1-10H,11-12H2,(H,21,22). The van der Waals surface area contributed by atoms with E-state index in [0.717, 1.165) is 11.3 Å². The topological polar surface area (TPSA) is 77.2 Å². The summed E-state index contributed by atoms with van der Waals surface area (Å²) in [6.45, 7) is 0.498. The van der Waals surface area contributed by atoms with E-state index in [4.69, 9.17) is 4.74 Å². The molecule has 0 spiro atoms. The lowest BCUT2D eigenvalue weighted by molar-refractivity contribution is 0.0676. The molecular formula is C17H15N3O3. The van der Waals surface area contributed by atoms with Gasteiger partial charge < -0.3 is 9.84 Å². The van der Waals surface area contributed by atoms with Crippen LogP contribution < -0.4 is 0 Å². The number of carboxylic acid groups (broad SMARTS) is 1. The maximum atomic E-state index is 11.3. The maximum Gasteiger partial charge on any atom is 0.358 e. The molecule has 0 aliphatic heterocycles. The van der Waals surface area contributed by atoms with Crippen LogP contribution in [0.4, 0.5) is 0 Å². The van der Waals surface area contributed by atoms with Crippen LogP contribution in [0, 0.1) is 0 Å². The highest BCUT2D eigenvalue weighted by Crippen LogP contribution is 2.15. The van der Waals surface area contributed by atoms with Gasteiger partial charge in [0.25, 0.3) is 0 Å². The van der Waals surface area contributed by atoms with E-state index in [0.29, 0.717) is 12.3 Å². The van der Waals surface area contributed by atoms with Crippen LogP contribution in [0.1, 0.15) is 21.7 Å². The van der Waals surface area contributed by atoms with E-state index in [1.54, 1.807) is 0 Å². The van der Waals surface area contributed by atoms with Gasteiger partial charge in [0.2, 0.25) is 0 Å². The van der Waals surface area contributed by atoms with Crippen molar-refractivity contribution in [3.63, 3.8) is 0 Å². The van der Waals surface area contributed by atoms with Crippen LogP contribution in [0.3, 0.4) is 0 Å². The molecule has 3 rings (SSSR count). The van der Waals surface area contributed by atoms with Gasteiger partial charge in [-0.15, -0.1) is 5.10 Å². The van der Waals surface area contributed by atoms with Gasteiger partial charge in [-0.25, -0.2) is 9.48 Å². The van der Waals surface area contributed by atoms with Crippen molar-refractivity contribution in [3.8, 4) is 5.69 Å². The first kappa shape index (κ1) is 14.9. The van der Waals surface area contributed by atoms with Gasteiger partial charge in [-0.1, -0.05) is 53.7 Å². The SMILES string of the molecule is O=C(O)c1nnn(-c2ccccc2)c1COCc1ccccc1. The summed E-state index contributed by atoms with van der Waals surface area (Å²) in [5.74, 6) is -1.12. The Morgan fingerprint density at radius 2 is 1.65 bits per heavy atom. The number of hydrogen-bond donors (Lipinski definition) is 1. The minimum Gasteiger partial charge on any atom is -0.476 e. The van der Waals surface area contributed by atoms with Crippen LogP contribution in [-0.2, 0) is 18.0 Å². The van der Waals surface area contributed by atoms with Crippen molar-refractivity contribution in [2.45, 2.75) is 13.2 Å². The monoisotopic (exact) mass is 309 g/mol. The highest BCUT2D eigenvalue weighted by Gasteiger charge is 2.20. The Kier molecular flexibility index (Phi) is 4.44. The van der Waals surface area contributed by atoms with E-state index in [1.807, 2.05) is 60.7 Å². The molecule has 0 radical (unpaired) electrons. The molecule has 0 unspecified atom stereocenters. The fourth-order valence-corrected chi connectivity index (χ4v) is 2.21. The summed E-state index contributed by atoms with van der Waals surface area (Å²) < 4.78 is 7.15. The van der Waals surface area contributed by atoms with E-state index >= 15 is 0 Å². The van der Waals surface area contributed by atoms with Gasteiger partial charge in [-0.3, -0.25) is 0 Å². The highest BCUT2D eigenvalue weighted by atomic mass is 16.5. The molecule has 6 nitrogen and oxygen atoms in total. The Bertz CT molecular complexity index is 785. The lowest BCUT2D eigenvalue weighted by atomic mass is 10.2. The van der Waals surface area contributed by atoms with Gasteiger partial charge >= 0.3 is 5.97 Å². The molecule has 3 aromatic rings. The molecule has 116 valence electrons. The van der Waals surface area contributed by atoms with Gasteiger partial charge in [-0.2, -0.15) is 0 Å². The van der Waals surface area contributed by atoms with E-state index in [9.17, 15) is 9.90 Å². The van der Waals surface area contributed by atoms with Crippen molar-refractivity contribution in [1.29, 1.82) is 0 Å². The third kappa shape index (κ3) is 3.44. The van der Waals surface area contributed by atoms with Crippen molar-refractivity contribution in [1.82, 2.24) is 15.0 Å². The number of carbonyl (C=O) groups is 1. The van der Waals surface area contributed by atoms with Gasteiger partial charge in [0.1, 0.15) is 5.69 Å². The van der Waals surface area contributed by atoms with Crippen LogP contribution >= 0.6 is 0 Å². The smallest absolute Gasteiger partial charge is 0.358 e. The lowest BCUT2D eigenvalue weighted by Gasteiger charge is -2.08. The van der Waals surface area contributed by atoms with Crippen LogP contribution in [0.15, 0.2) is 60.7 Å². The van der Waals surface area contributed by atoms with Crippen LogP contribution in [0.2, 0.25) is 0 Å². The van der Waals surface area contributed by atoms with Gasteiger partial charge in [0, 0.05) is 0 Å². The number of nitrogens with zero attached hydrogens (tertiary/aromatic N) is 3. The molecule has 1 aromatic heterocycles. The minimum atomic E-state index is -1.12. The van der Waals surface area contributed by atoms with Crippen LogP contribution in [0.5, 0.6) is 0 Å². The molecule has 23 heavy (non-hydrogen) atoms. The number of carboxylic acids is 1. The summed E-state index contributed by atoms with van der Waals surface area (Å²) in [7, 11) is 0. The van der Waals surface area contributed by atoms with Crippen LogP contribution in [0.25, 0.3) is 5.69 Å². The number of aromatic nitrogens is 3. The average Bonchev–Trinajstić information content (AvgIpc) is 3.01. The van der Waals surface area contributed by atoms with E-state index in [-0.39, 0.29) is 12.3 Å². The number of ether oxygens (including phenoxy) is 1. The Hall–Kier alpha value is -2.99. The van der Waals surface area contributed by atoms with Crippen molar-refractivity contribution >= 4 is 5.97 Å². The Labute approximate surface area is 133 Å². The van der Waals surface area contributed by atoms with E-state index in [1.165, 1.54) is 4.68 Å². The second-order valence-corrected chi connectivity index (χ2v) is 4.92. The predicted octanol–water partition coefficient (Wildman–Crippen LogP) is 2.68. The molecule has 0 saturated carbocycles. The highest BCUT2D eigenvalue weighted by molar-refractivity contribution is 5.86. The predicted molar refractivity (Wildman–Crippen MR) is 83.3 cm³/mol. The van der Waals surface area contributed by atoms with Crippen molar-refractivity contribution in [2.24, 2.45) is 0 Å². The molecule has 0 aliphatic rings. The average molecular weight is 309 g/mol. The summed E-state index contributed by atoms with van der Waals surface area (Å²) in [5.41, 5.74) is 2.08. The van der Waals surface area contributed by atoms with E-state index < -0.39 is 5.97 Å². The molecule has 0 aliphatic carbocycles. The van der Waals surface area contributed by atoms with Crippen molar-refractivity contribution < 1.29 is 14.6 Å². The summed E-state index contributed by atoms with van der Waals surface area (Å²) >= 11 is 0. The first-order valence-electron chi connectivity index (χ1n) is 7.10. The summed E-state index contributed by atoms with van der Waals surface area (Å²) in [6, 6.07) is 18.9. The van der Waals surface area contributed by atoms with Crippen LogP contribution in [-0.4, -0.2) is 26.1 Å². The summed E-state index contributed by atoms with van der Waals surface area (Å²) in [5, 5.41) is 17.0. The Morgan fingerprint density at radius 1 is 1.00 bits per heavy atom. The maximum absolute atomic E-state index is 11.3. The zero-order chi connectivity index (χ0) is 16.1. The number of aromatic carboxylic acids is 1. The van der Waals surface area contributed by atoms with Gasteiger partial charge in [0.15, 0.2) is 5.69 Å². The quantitative estimate of drug-likeness (QED) is 0.757. The minimum absolute atomic E-state index is 0.0954. The van der Waals surface area contributed by atoms with Crippen molar-refractivity contribution in [3.05, 3.63) is 77.6 Å². The fraction of sp³-hybridized carbons (Fsp3) is 0.118. The second kappa shape index (κ2) is 6.85. The summed E-state index contributed by atoms with van der Waals surface area (Å²) in [6.07, 6.45) is 0. The largest absolute Gasteiger partial charge is 0.476 e. The Morgan fingerprint density at radius 3 is 2.30 bits per heavy atom. The number of rotatable bonds is 6. The molecule has 1 N–H and O–H groups in total. The zero-order valence-corrected chi connectivity index (χ0v) is 12.3. The third-order valence-electron chi connectivity index (χ3n) is 3.32. The molecule has 0 fully saturated rings. The molecule has 2 aromatic carbocycles. The normalized spacial score (nSPS) is 10.6. The molecule has 1 heterocycles. The number of hydrogen-bond acceptors (Lipinski definition) is 4. The molecule has 0 amide bonds. The fourth-order valence-electron chi connectivity index (χ4n) is 2.21. The van der Waals surface area contributed by atoms with Crippen molar-refractivity contribution in [2.75, 3.05) is 0 Å². The first-order chi connectivity index (χ1) is 11.3. The molecule has 0 atom stereocenters. The van der Waals surface area contributed by atoms with Gasteiger partial charge in [-0.05, 0) is 17.7 Å². The third-order valence-corrected chi connectivity index (χ3v) is 3.32.